The summed E-state index contributed by atoms with van der Waals surface area (Å²) in [5.41, 5.74) is 0.824. The summed E-state index contributed by atoms with van der Waals surface area (Å²) in [6.45, 7) is 0. The Morgan fingerprint density at radius 3 is 2.71 bits per heavy atom. The van der Waals surface area contributed by atoms with E-state index in [0.717, 1.165) is 5.69 Å². The molecular formula is C12H18BrN3O. The van der Waals surface area contributed by atoms with Crippen molar-refractivity contribution >= 4 is 21.6 Å². The molecule has 1 heterocycles. The van der Waals surface area contributed by atoms with Gasteiger partial charge in [-0.1, -0.05) is 19.3 Å². The molecule has 0 N–H and O–H groups in total. The third kappa shape index (κ3) is 2.54. The molecule has 0 bridgehead atoms. The summed E-state index contributed by atoms with van der Waals surface area (Å²) in [6.07, 6.45) is 8.08. The Labute approximate surface area is 110 Å². The van der Waals surface area contributed by atoms with E-state index in [1.165, 1.54) is 36.8 Å². The second-order valence-electron chi connectivity index (χ2n) is 4.68. The fourth-order valence-electron chi connectivity index (χ4n) is 2.41. The molecule has 0 amide bonds. The molecule has 0 atom stereocenters. The summed E-state index contributed by atoms with van der Waals surface area (Å²) in [7, 11) is 3.72. The highest BCUT2D eigenvalue weighted by Gasteiger charge is 2.21. The molecular weight excluding hydrogens is 282 g/mol. The van der Waals surface area contributed by atoms with E-state index in [1.54, 1.807) is 13.2 Å². The van der Waals surface area contributed by atoms with Crippen LogP contribution in [0.25, 0.3) is 0 Å². The number of halogens is 1. The van der Waals surface area contributed by atoms with Crippen LogP contribution in [0, 0.1) is 0 Å². The summed E-state index contributed by atoms with van der Waals surface area (Å²) in [4.78, 5) is 14.0. The van der Waals surface area contributed by atoms with Gasteiger partial charge in [0.1, 0.15) is 4.47 Å². The fourth-order valence-corrected chi connectivity index (χ4v) is 3.05. The van der Waals surface area contributed by atoms with Crippen molar-refractivity contribution in [2.75, 3.05) is 11.9 Å². The van der Waals surface area contributed by atoms with Crippen LogP contribution in [0.2, 0.25) is 0 Å². The highest BCUT2D eigenvalue weighted by atomic mass is 79.9. The van der Waals surface area contributed by atoms with E-state index in [-0.39, 0.29) is 5.56 Å². The third-order valence-electron chi connectivity index (χ3n) is 3.56. The van der Waals surface area contributed by atoms with Crippen molar-refractivity contribution in [3.63, 3.8) is 0 Å². The molecule has 0 aliphatic heterocycles. The van der Waals surface area contributed by atoms with E-state index in [2.05, 4.69) is 33.0 Å². The maximum atomic E-state index is 11.8. The Morgan fingerprint density at radius 1 is 1.41 bits per heavy atom. The topological polar surface area (TPSA) is 38.1 Å². The number of anilines is 1. The fraction of sp³-hybridized carbons (Fsp3) is 0.667. The normalized spacial score (nSPS) is 17.1. The minimum atomic E-state index is -0.0786. The lowest BCUT2D eigenvalue weighted by molar-refractivity contribution is 0.426. The van der Waals surface area contributed by atoms with E-state index < -0.39 is 0 Å². The van der Waals surface area contributed by atoms with Crippen LogP contribution in [0.15, 0.2) is 15.5 Å². The molecule has 1 aliphatic rings. The minimum Gasteiger partial charge on any atom is -0.369 e. The number of hydrogen-bond donors (Lipinski definition) is 0. The molecule has 1 aromatic heterocycles. The van der Waals surface area contributed by atoms with E-state index >= 15 is 0 Å². The first-order chi connectivity index (χ1) is 8.11. The van der Waals surface area contributed by atoms with Gasteiger partial charge in [0.25, 0.3) is 5.56 Å². The first-order valence-corrected chi connectivity index (χ1v) is 6.85. The van der Waals surface area contributed by atoms with Gasteiger partial charge in [0.15, 0.2) is 0 Å². The van der Waals surface area contributed by atoms with Gasteiger partial charge in [0.05, 0.1) is 11.9 Å². The number of nitrogens with zero attached hydrogens (tertiary/aromatic N) is 3. The van der Waals surface area contributed by atoms with Crippen molar-refractivity contribution in [3.05, 3.63) is 21.0 Å². The summed E-state index contributed by atoms with van der Waals surface area (Å²) >= 11 is 3.38. The quantitative estimate of drug-likeness (QED) is 0.841. The number of aryl methyl sites for hydroxylation is 1. The van der Waals surface area contributed by atoms with Gasteiger partial charge in [-0.25, -0.2) is 4.68 Å². The first-order valence-electron chi connectivity index (χ1n) is 6.06. The zero-order chi connectivity index (χ0) is 12.4. The van der Waals surface area contributed by atoms with E-state index in [9.17, 15) is 4.79 Å². The maximum Gasteiger partial charge on any atom is 0.282 e. The number of aromatic nitrogens is 2. The molecule has 1 saturated carbocycles. The zero-order valence-electron chi connectivity index (χ0n) is 10.3. The zero-order valence-corrected chi connectivity index (χ0v) is 11.9. The molecule has 5 heteroatoms. The van der Waals surface area contributed by atoms with Crippen molar-refractivity contribution in [3.8, 4) is 0 Å². The van der Waals surface area contributed by atoms with Gasteiger partial charge in [-0.3, -0.25) is 4.79 Å². The van der Waals surface area contributed by atoms with Crippen LogP contribution in [0.5, 0.6) is 0 Å². The molecule has 1 aliphatic carbocycles. The van der Waals surface area contributed by atoms with Gasteiger partial charge in [-0.05, 0) is 28.8 Å². The lowest BCUT2D eigenvalue weighted by Crippen LogP contribution is -2.35. The van der Waals surface area contributed by atoms with Crippen LogP contribution >= 0.6 is 15.9 Å². The summed E-state index contributed by atoms with van der Waals surface area (Å²) in [5, 5.41) is 4.09. The van der Waals surface area contributed by atoms with Crippen molar-refractivity contribution in [1.29, 1.82) is 0 Å². The smallest absolute Gasteiger partial charge is 0.282 e. The summed E-state index contributed by atoms with van der Waals surface area (Å²) < 4.78 is 1.96. The van der Waals surface area contributed by atoms with Gasteiger partial charge >= 0.3 is 0 Å². The molecule has 94 valence electrons. The van der Waals surface area contributed by atoms with E-state index in [1.807, 2.05) is 0 Å². The first kappa shape index (κ1) is 12.6. The third-order valence-corrected chi connectivity index (χ3v) is 4.31. The SMILES string of the molecule is CN(c1cnn(C)c(=O)c1Br)C1CCCCC1. The Bertz CT molecular complexity index is 452. The Hall–Kier alpha value is -0.840. The van der Waals surface area contributed by atoms with Crippen LogP contribution < -0.4 is 10.5 Å². The molecule has 1 aromatic rings. The molecule has 0 unspecified atom stereocenters. The second kappa shape index (κ2) is 5.21. The average molecular weight is 300 g/mol. The number of rotatable bonds is 2. The maximum absolute atomic E-state index is 11.8. The Balaban J connectivity index is 2.27. The molecule has 17 heavy (non-hydrogen) atoms. The van der Waals surface area contributed by atoms with Gasteiger partial charge in [-0.2, -0.15) is 5.10 Å². The van der Waals surface area contributed by atoms with Crippen molar-refractivity contribution in [2.45, 2.75) is 38.1 Å². The molecule has 2 rings (SSSR count). The molecule has 1 fully saturated rings. The van der Waals surface area contributed by atoms with Crippen LogP contribution in [-0.4, -0.2) is 22.9 Å². The highest BCUT2D eigenvalue weighted by molar-refractivity contribution is 9.10. The van der Waals surface area contributed by atoms with Crippen molar-refractivity contribution in [1.82, 2.24) is 9.78 Å². The lowest BCUT2D eigenvalue weighted by atomic mass is 9.94. The van der Waals surface area contributed by atoms with Crippen molar-refractivity contribution in [2.24, 2.45) is 7.05 Å². The largest absolute Gasteiger partial charge is 0.369 e. The molecule has 0 saturated heterocycles. The van der Waals surface area contributed by atoms with Crippen LogP contribution in [0.1, 0.15) is 32.1 Å². The minimum absolute atomic E-state index is 0.0786. The van der Waals surface area contributed by atoms with Crippen LogP contribution in [0.3, 0.4) is 0 Å². The molecule has 0 spiro atoms. The van der Waals surface area contributed by atoms with Crippen LogP contribution in [-0.2, 0) is 7.05 Å². The average Bonchev–Trinajstić information content (AvgIpc) is 2.36. The van der Waals surface area contributed by atoms with E-state index in [0.29, 0.717) is 10.5 Å². The standard InChI is InChI=1S/C12H18BrN3O/c1-15(9-6-4-3-5-7-9)10-8-14-16(2)12(17)11(10)13/h8-9H,3-7H2,1-2H3. The second-order valence-corrected chi connectivity index (χ2v) is 5.47. The van der Waals surface area contributed by atoms with Crippen molar-refractivity contribution < 1.29 is 0 Å². The Morgan fingerprint density at radius 2 is 2.06 bits per heavy atom. The predicted molar refractivity (Wildman–Crippen MR) is 72.5 cm³/mol. The molecule has 0 radical (unpaired) electrons. The van der Waals surface area contributed by atoms with Gasteiger partial charge in [0, 0.05) is 20.1 Å². The number of hydrogen-bond acceptors (Lipinski definition) is 3. The lowest BCUT2D eigenvalue weighted by Gasteiger charge is -2.33. The Kier molecular flexibility index (Phi) is 3.86. The van der Waals surface area contributed by atoms with E-state index in [4.69, 9.17) is 0 Å². The summed E-state index contributed by atoms with van der Waals surface area (Å²) in [5.74, 6) is 0. The molecule has 0 aromatic carbocycles. The van der Waals surface area contributed by atoms with Crippen LogP contribution in [0.4, 0.5) is 5.69 Å². The summed E-state index contributed by atoms with van der Waals surface area (Å²) in [6, 6.07) is 0.536. The highest BCUT2D eigenvalue weighted by Crippen LogP contribution is 2.28. The van der Waals surface area contributed by atoms with Gasteiger partial charge in [-0.15, -0.1) is 0 Å². The monoisotopic (exact) mass is 299 g/mol. The predicted octanol–water partition coefficient (Wildman–Crippen LogP) is 2.31. The molecule has 4 nitrogen and oxygen atoms in total. The van der Waals surface area contributed by atoms with Gasteiger partial charge in [0.2, 0.25) is 0 Å². The van der Waals surface area contributed by atoms with Gasteiger partial charge < -0.3 is 4.90 Å².